The highest BCUT2D eigenvalue weighted by Crippen LogP contribution is 2.32. The lowest BCUT2D eigenvalue weighted by Crippen LogP contribution is -2.48. The second kappa shape index (κ2) is 9.68. The van der Waals surface area contributed by atoms with E-state index >= 15 is 0 Å². The summed E-state index contributed by atoms with van der Waals surface area (Å²) in [4.78, 5) is 14.6. The van der Waals surface area contributed by atoms with Crippen LogP contribution >= 0.6 is 11.6 Å². The fourth-order valence-corrected chi connectivity index (χ4v) is 4.65. The monoisotopic (exact) mass is 477 g/mol. The van der Waals surface area contributed by atoms with Gasteiger partial charge < -0.3 is 9.45 Å². The molecule has 2 atom stereocenters. The molecular weight excluding hydrogens is 455 g/mol. The summed E-state index contributed by atoms with van der Waals surface area (Å²) < 4.78 is 56.9. The molecule has 1 aliphatic heterocycles. The number of alkyl halides is 3. The Hall–Kier alpha value is -1.95. The first-order chi connectivity index (χ1) is 14.5. The van der Waals surface area contributed by atoms with E-state index in [9.17, 15) is 22.5 Å². The molecule has 0 aliphatic carbocycles. The molecule has 0 spiro atoms. The fraction of sp³-hybridized carbons (Fsp3) is 0.474. The zero-order valence-corrected chi connectivity index (χ0v) is 18.6. The number of hydrogen-bond acceptors (Lipinski definition) is 5. The van der Waals surface area contributed by atoms with Gasteiger partial charge >= 0.3 is 6.18 Å². The number of aryl methyl sites for hydroxylation is 1. The molecule has 1 saturated heterocycles. The first kappa shape index (κ1) is 23.7. The van der Waals surface area contributed by atoms with Gasteiger partial charge in [-0.15, -0.1) is 4.72 Å². The number of likely N-dealkylation sites (tertiary alicyclic amines) is 1. The maximum absolute atomic E-state index is 13.0. The SMILES string of the molecule is CN1CCC[C@H]1CN(c1cnn(C)c1)[S+]([O-])NC(=O)Cc1ccc(C(F)(F)F)cc1Cl. The molecule has 170 valence electrons. The predicted molar refractivity (Wildman–Crippen MR) is 113 cm³/mol. The lowest BCUT2D eigenvalue weighted by molar-refractivity contribution is -0.137. The van der Waals surface area contributed by atoms with Gasteiger partial charge in [-0.2, -0.15) is 22.6 Å². The standard InChI is InChI=1S/C19H23ClF3N5O2S/c1-26-7-3-4-15(26)12-28(16-10-24-27(2)11-16)31(30)25-18(29)8-13-5-6-14(9-17(13)20)19(21,22)23/h5-6,9-11,15H,3-4,7-8,12H2,1-2H3,(H,25,29)/t15-,31?/m0/s1. The van der Waals surface area contributed by atoms with Gasteiger partial charge in [-0.05, 0) is 44.1 Å². The molecule has 2 aromatic rings. The lowest BCUT2D eigenvalue weighted by atomic mass is 10.1. The number of hydrogen-bond donors (Lipinski definition) is 1. The van der Waals surface area contributed by atoms with Crippen LogP contribution in [0.3, 0.4) is 0 Å². The number of carbonyl (C=O) groups excluding carboxylic acids is 1. The summed E-state index contributed by atoms with van der Waals surface area (Å²) in [6.07, 6.45) is 0.418. The molecule has 0 bridgehead atoms. The van der Waals surface area contributed by atoms with Crippen LogP contribution in [0.5, 0.6) is 0 Å². The van der Waals surface area contributed by atoms with Gasteiger partial charge in [-0.3, -0.25) is 9.48 Å². The molecule has 1 N–H and O–H groups in total. The average molecular weight is 478 g/mol. The third-order valence-corrected chi connectivity index (χ3v) is 6.67. The number of carbonyl (C=O) groups is 1. The Kier molecular flexibility index (Phi) is 7.40. The van der Waals surface area contributed by atoms with Crippen LogP contribution < -0.4 is 9.03 Å². The van der Waals surface area contributed by atoms with Crippen molar-refractivity contribution in [1.82, 2.24) is 19.4 Å². The van der Waals surface area contributed by atoms with Crippen molar-refractivity contribution in [2.75, 3.05) is 24.4 Å². The van der Waals surface area contributed by atoms with Crippen molar-refractivity contribution in [1.29, 1.82) is 0 Å². The van der Waals surface area contributed by atoms with Gasteiger partial charge in [-0.25, -0.2) is 0 Å². The minimum atomic E-state index is -4.52. The van der Waals surface area contributed by atoms with E-state index in [0.29, 0.717) is 12.2 Å². The van der Waals surface area contributed by atoms with Crippen LogP contribution in [0.2, 0.25) is 5.02 Å². The van der Waals surface area contributed by atoms with E-state index in [1.165, 1.54) is 0 Å². The van der Waals surface area contributed by atoms with Crippen LogP contribution in [-0.2, 0) is 36.0 Å². The zero-order valence-electron chi connectivity index (χ0n) is 17.0. The first-order valence-corrected chi connectivity index (χ1v) is 11.1. The van der Waals surface area contributed by atoms with Gasteiger partial charge in [0.05, 0.1) is 30.9 Å². The number of aromatic nitrogens is 2. The Bertz CT molecular complexity index is 926. The highest BCUT2D eigenvalue weighted by atomic mass is 35.5. The van der Waals surface area contributed by atoms with Crippen molar-refractivity contribution in [3.63, 3.8) is 0 Å². The van der Waals surface area contributed by atoms with E-state index in [1.807, 2.05) is 7.05 Å². The molecule has 7 nitrogen and oxygen atoms in total. The van der Waals surface area contributed by atoms with Crippen molar-refractivity contribution in [2.24, 2.45) is 7.05 Å². The summed E-state index contributed by atoms with van der Waals surface area (Å²) in [5.41, 5.74) is -0.0877. The minimum Gasteiger partial charge on any atom is -0.568 e. The smallest absolute Gasteiger partial charge is 0.416 e. The van der Waals surface area contributed by atoms with Crippen molar-refractivity contribution < 1.29 is 22.5 Å². The summed E-state index contributed by atoms with van der Waals surface area (Å²) in [6, 6.07) is 2.97. The maximum Gasteiger partial charge on any atom is 0.416 e. The number of nitrogens with zero attached hydrogens (tertiary/aromatic N) is 4. The van der Waals surface area contributed by atoms with Gasteiger partial charge in [-0.1, -0.05) is 17.7 Å². The second-order valence-electron chi connectivity index (χ2n) is 7.47. The number of likely N-dealkylation sites (N-methyl/N-ethyl adjacent to an activating group) is 1. The highest BCUT2D eigenvalue weighted by molar-refractivity contribution is 7.91. The molecular formula is C19H23ClF3N5O2S. The van der Waals surface area contributed by atoms with Crippen molar-refractivity contribution >= 4 is 34.7 Å². The Morgan fingerprint density at radius 1 is 1.42 bits per heavy atom. The average Bonchev–Trinajstić information content (AvgIpc) is 3.28. The molecule has 0 radical (unpaired) electrons. The first-order valence-electron chi connectivity index (χ1n) is 9.58. The van der Waals surface area contributed by atoms with Crippen molar-refractivity contribution in [2.45, 2.75) is 31.5 Å². The van der Waals surface area contributed by atoms with Crippen LogP contribution in [0, 0.1) is 0 Å². The Morgan fingerprint density at radius 2 is 2.16 bits per heavy atom. The van der Waals surface area contributed by atoms with E-state index in [1.54, 1.807) is 28.4 Å². The number of halogens is 4. The van der Waals surface area contributed by atoms with Gasteiger partial charge in [0.15, 0.2) is 11.5 Å². The summed E-state index contributed by atoms with van der Waals surface area (Å²) in [5, 5.41) is 3.93. The van der Waals surface area contributed by atoms with Crippen LogP contribution in [0.4, 0.5) is 18.9 Å². The predicted octanol–water partition coefficient (Wildman–Crippen LogP) is 2.93. The molecule has 2 heterocycles. The molecule has 1 aromatic heterocycles. The molecule has 1 aromatic carbocycles. The van der Waals surface area contributed by atoms with Crippen molar-refractivity contribution in [3.05, 3.63) is 46.7 Å². The normalized spacial score (nSPS) is 18.2. The quantitative estimate of drug-likeness (QED) is 0.620. The highest BCUT2D eigenvalue weighted by Gasteiger charge is 2.33. The topological polar surface area (TPSA) is 76.5 Å². The van der Waals surface area contributed by atoms with Gasteiger partial charge in [0.25, 0.3) is 5.91 Å². The van der Waals surface area contributed by atoms with Crippen molar-refractivity contribution in [3.8, 4) is 0 Å². The summed E-state index contributed by atoms with van der Waals surface area (Å²) in [5.74, 6) is -0.617. The summed E-state index contributed by atoms with van der Waals surface area (Å²) >= 11 is 4.02. The van der Waals surface area contributed by atoms with E-state index in [2.05, 4.69) is 14.7 Å². The molecule has 1 unspecified atom stereocenters. The Morgan fingerprint density at radius 3 is 2.71 bits per heavy atom. The molecule has 3 rings (SSSR count). The van der Waals surface area contributed by atoms with E-state index < -0.39 is 29.2 Å². The van der Waals surface area contributed by atoms with Crippen LogP contribution in [-0.4, -0.2) is 51.3 Å². The van der Waals surface area contributed by atoms with Gasteiger partial charge in [0.2, 0.25) is 0 Å². The van der Waals surface area contributed by atoms with E-state index in [-0.39, 0.29) is 23.0 Å². The number of benzene rings is 1. The third-order valence-electron chi connectivity index (χ3n) is 5.16. The lowest BCUT2D eigenvalue weighted by Gasteiger charge is -2.28. The van der Waals surface area contributed by atoms with Gasteiger partial charge in [0.1, 0.15) is 5.69 Å². The number of anilines is 1. The Labute approximate surface area is 186 Å². The third kappa shape index (κ3) is 6.06. The molecule has 1 amide bonds. The number of nitrogens with one attached hydrogen (secondary N) is 1. The summed E-state index contributed by atoms with van der Waals surface area (Å²) in [6.45, 7) is 1.37. The zero-order chi connectivity index (χ0) is 22.8. The number of rotatable bonds is 7. The van der Waals surface area contributed by atoms with Crippen LogP contribution in [0.1, 0.15) is 24.0 Å². The minimum absolute atomic E-state index is 0.172. The van der Waals surface area contributed by atoms with E-state index in [4.69, 9.17) is 11.6 Å². The molecule has 1 aliphatic rings. The molecule has 31 heavy (non-hydrogen) atoms. The largest absolute Gasteiger partial charge is 0.568 e. The summed E-state index contributed by atoms with van der Waals surface area (Å²) in [7, 11) is 3.73. The molecule has 0 saturated carbocycles. The second-order valence-corrected chi connectivity index (χ2v) is 9.02. The molecule has 12 heteroatoms. The maximum atomic E-state index is 13.0. The molecule has 1 fully saturated rings. The van der Waals surface area contributed by atoms with Crippen LogP contribution in [0.25, 0.3) is 0 Å². The van der Waals surface area contributed by atoms with Crippen LogP contribution in [0.15, 0.2) is 30.6 Å². The Balaban J connectivity index is 1.69. The van der Waals surface area contributed by atoms with E-state index in [0.717, 1.165) is 37.6 Å². The van der Waals surface area contributed by atoms with Gasteiger partial charge in [0, 0.05) is 18.1 Å². The number of amides is 1. The fourth-order valence-electron chi connectivity index (χ4n) is 3.44.